The number of allylic oxidation sites excluding steroid dienone is 2. The van der Waals surface area contributed by atoms with Crippen molar-refractivity contribution in [3.8, 4) is 5.75 Å². The lowest BCUT2D eigenvalue weighted by Gasteiger charge is -2.41. The molecule has 2 atom stereocenters. The average Bonchev–Trinajstić information content (AvgIpc) is 2.84. The second kappa shape index (κ2) is 8.23. The van der Waals surface area contributed by atoms with Crippen LogP contribution in [0, 0.1) is 5.92 Å². The number of fused-ring (bicyclic) bond motifs is 2. The number of benzene rings is 1. The summed E-state index contributed by atoms with van der Waals surface area (Å²) in [5.74, 6) is 1.38. The van der Waals surface area contributed by atoms with Crippen molar-refractivity contribution < 1.29 is 9.90 Å². The van der Waals surface area contributed by atoms with Gasteiger partial charge in [-0.15, -0.1) is 0 Å². The third-order valence-electron chi connectivity index (χ3n) is 6.40. The highest BCUT2D eigenvalue weighted by atomic mass is 79.9. The topological polar surface area (TPSA) is 52.6 Å². The van der Waals surface area contributed by atoms with Gasteiger partial charge in [0.25, 0.3) is 0 Å². The summed E-state index contributed by atoms with van der Waals surface area (Å²) in [5.41, 5.74) is 3.97. The molecule has 1 amide bonds. The smallest absolute Gasteiger partial charge is 0.222 e. The van der Waals surface area contributed by atoms with Crippen LogP contribution in [-0.4, -0.2) is 35.0 Å². The van der Waals surface area contributed by atoms with E-state index in [4.69, 9.17) is 0 Å². The maximum Gasteiger partial charge on any atom is 0.222 e. The Morgan fingerprint density at radius 1 is 1.25 bits per heavy atom. The van der Waals surface area contributed by atoms with E-state index in [9.17, 15) is 9.90 Å². The lowest BCUT2D eigenvalue weighted by atomic mass is 9.73. The molecule has 0 bridgehead atoms. The molecular formula is C22H26Br2N2O2. The summed E-state index contributed by atoms with van der Waals surface area (Å²) in [6, 6.07) is 4.01. The number of carbonyl (C=O) groups excluding carboxylic acids is 1. The van der Waals surface area contributed by atoms with Crippen LogP contribution in [0.1, 0.15) is 49.7 Å². The number of amides is 1. The fourth-order valence-electron chi connectivity index (χ4n) is 5.07. The van der Waals surface area contributed by atoms with Crippen LogP contribution in [0.5, 0.6) is 5.75 Å². The molecule has 28 heavy (non-hydrogen) atoms. The molecule has 4 rings (SSSR count). The zero-order chi connectivity index (χ0) is 19.8. The summed E-state index contributed by atoms with van der Waals surface area (Å²) in [6.45, 7) is 3.61. The van der Waals surface area contributed by atoms with Crippen LogP contribution < -0.4 is 5.32 Å². The molecule has 2 aliphatic heterocycles. The molecule has 2 unspecified atom stereocenters. The molecule has 0 saturated carbocycles. The van der Waals surface area contributed by atoms with Crippen molar-refractivity contribution in [3.05, 3.63) is 50.1 Å². The predicted octanol–water partition coefficient (Wildman–Crippen LogP) is 4.97. The number of hydrogen-bond donors (Lipinski definition) is 2. The Morgan fingerprint density at radius 2 is 2.00 bits per heavy atom. The first kappa shape index (κ1) is 20.0. The van der Waals surface area contributed by atoms with Gasteiger partial charge < -0.3 is 15.3 Å². The molecule has 1 aliphatic carbocycles. The first-order chi connectivity index (χ1) is 13.5. The van der Waals surface area contributed by atoms with Crippen LogP contribution in [0.15, 0.2) is 38.9 Å². The fourth-order valence-corrected chi connectivity index (χ4v) is 6.25. The van der Waals surface area contributed by atoms with Crippen LogP contribution in [0.2, 0.25) is 0 Å². The molecule has 4 nitrogen and oxygen atoms in total. The van der Waals surface area contributed by atoms with E-state index in [2.05, 4.69) is 49.5 Å². The molecule has 150 valence electrons. The molecule has 0 spiro atoms. The zero-order valence-electron chi connectivity index (χ0n) is 16.0. The molecule has 1 aromatic rings. The van der Waals surface area contributed by atoms with Gasteiger partial charge in [0.2, 0.25) is 5.91 Å². The van der Waals surface area contributed by atoms with Gasteiger partial charge in [0, 0.05) is 40.6 Å². The van der Waals surface area contributed by atoms with Gasteiger partial charge in [-0.2, -0.15) is 0 Å². The molecule has 3 aliphatic rings. The van der Waals surface area contributed by atoms with Gasteiger partial charge in [0.05, 0.1) is 6.04 Å². The number of likely N-dealkylation sites (tertiary alicyclic amines) is 1. The minimum Gasteiger partial charge on any atom is -0.508 e. The Hall–Kier alpha value is -1.27. The second-order valence-corrected chi connectivity index (χ2v) is 9.76. The lowest BCUT2D eigenvalue weighted by Crippen LogP contribution is -2.44. The molecule has 0 aromatic heterocycles. The zero-order valence-corrected chi connectivity index (χ0v) is 19.2. The average molecular weight is 510 g/mol. The summed E-state index contributed by atoms with van der Waals surface area (Å²) < 4.78 is 2.07. The van der Waals surface area contributed by atoms with E-state index in [1.165, 1.54) is 16.7 Å². The Morgan fingerprint density at radius 3 is 2.71 bits per heavy atom. The first-order valence-electron chi connectivity index (χ1n) is 10.1. The Bertz CT molecular complexity index is 841. The Kier molecular flexibility index (Phi) is 5.88. The van der Waals surface area contributed by atoms with Crippen molar-refractivity contribution in [1.29, 1.82) is 0 Å². The summed E-state index contributed by atoms with van der Waals surface area (Å²) >= 11 is 7.37. The first-order valence-corrected chi connectivity index (χ1v) is 11.7. The summed E-state index contributed by atoms with van der Waals surface area (Å²) in [7, 11) is 0. The number of hydrogen-bond acceptors (Lipinski definition) is 3. The molecule has 1 aromatic carbocycles. The molecule has 1 fully saturated rings. The summed E-state index contributed by atoms with van der Waals surface area (Å²) in [5, 5.41) is 13.8. The molecular weight excluding hydrogens is 484 g/mol. The number of piperidine rings is 1. The number of nitrogens with zero attached hydrogens (tertiary/aromatic N) is 1. The molecule has 2 N–H and O–H groups in total. The van der Waals surface area contributed by atoms with Crippen molar-refractivity contribution in [2.45, 2.75) is 51.0 Å². The number of phenols is 1. The number of aryl methyl sites for hydroxylation is 1. The van der Waals surface area contributed by atoms with Crippen LogP contribution >= 0.6 is 31.9 Å². The quantitative estimate of drug-likeness (QED) is 0.591. The third-order valence-corrected chi connectivity index (χ3v) is 7.52. The number of nitrogens with one attached hydrogen (secondary N) is 1. The van der Waals surface area contributed by atoms with Crippen molar-refractivity contribution >= 4 is 37.8 Å². The van der Waals surface area contributed by atoms with Gasteiger partial charge >= 0.3 is 0 Å². The van der Waals surface area contributed by atoms with Crippen LogP contribution in [0.25, 0.3) is 0 Å². The highest BCUT2D eigenvalue weighted by Crippen LogP contribution is 2.47. The number of aromatic hydroxyl groups is 1. The van der Waals surface area contributed by atoms with Crippen molar-refractivity contribution in [1.82, 2.24) is 10.2 Å². The van der Waals surface area contributed by atoms with Crippen molar-refractivity contribution in [3.63, 3.8) is 0 Å². The number of dihydropyridines is 1. The summed E-state index contributed by atoms with van der Waals surface area (Å²) in [4.78, 5) is 14.1. The van der Waals surface area contributed by atoms with Gasteiger partial charge in [-0.05, 0) is 82.4 Å². The SMILES string of the molecule is CCC(=O)N1CCC(C2c3c(Br)cc(O)cc3CCC3=CC(Br)=CNC32)CC1. The van der Waals surface area contributed by atoms with Gasteiger partial charge in [-0.25, -0.2) is 0 Å². The Labute approximate surface area is 183 Å². The number of rotatable bonds is 2. The molecule has 0 radical (unpaired) electrons. The minimum absolute atomic E-state index is 0.252. The summed E-state index contributed by atoms with van der Waals surface area (Å²) in [6.07, 6.45) is 8.82. The van der Waals surface area contributed by atoms with Gasteiger partial charge in [0.1, 0.15) is 5.75 Å². The second-order valence-electron chi connectivity index (χ2n) is 7.99. The highest BCUT2D eigenvalue weighted by molar-refractivity contribution is 9.12. The predicted molar refractivity (Wildman–Crippen MR) is 118 cm³/mol. The molecule has 6 heteroatoms. The van der Waals surface area contributed by atoms with E-state index >= 15 is 0 Å². The number of halogens is 2. The molecule has 2 heterocycles. The van der Waals surface area contributed by atoms with E-state index in [-0.39, 0.29) is 11.9 Å². The maximum atomic E-state index is 12.1. The number of phenolic OH excluding ortho intramolecular Hbond substituents is 1. The van der Waals surface area contributed by atoms with E-state index in [1.54, 1.807) is 0 Å². The standard InChI is InChI=1S/C22H26Br2N2O2/c1-2-19(28)26-7-5-13(6-8-26)21-20-14(10-17(27)11-18(20)24)3-4-15-9-16(23)12-25-22(15)21/h9-13,21-22,25,27H,2-8H2,1H3. The van der Waals surface area contributed by atoms with E-state index in [0.717, 1.165) is 47.7 Å². The fraction of sp³-hybridized carbons (Fsp3) is 0.500. The highest BCUT2D eigenvalue weighted by Gasteiger charge is 2.39. The van der Waals surface area contributed by atoms with E-state index in [1.807, 2.05) is 24.0 Å². The molecule has 1 saturated heterocycles. The van der Waals surface area contributed by atoms with E-state index < -0.39 is 0 Å². The van der Waals surface area contributed by atoms with Crippen LogP contribution in [0.4, 0.5) is 0 Å². The lowest BCUT2D eigenvalue weighted by molar-refractivity contribution is -0.132. The van der Waals surface area contributed by atoms with Gasteiger partial charge in [-0.3, -0.25) is 4.79 Å². The van der Waals surface area contributed by atoms with Crippen LogP contribution in [0.3, 0.4) is 0 Å². The van der Waals surface area contributed by atoms with Gasteiger partial charge in [0.15, 0.2) is 0 Å². The largest absolute Gasteiger partial charge is 0.508 e. The van der Waals surface area contributed by atoms with Crippen molar-refractivity contribution in [2.24, 2.45) is 5.92 Å². The Balaban J connectivity index is 1.70. The van der Waals surface area contributed by atoms with Crippen LogP contribution in [-0.2, 0) is 11.2 Å². The minimum atomic E-state index is 0.252. The third kappa shape index (κ3) is 3.78. The van der Waals surface area contributed by atoms with Crippen molar-refractivity contribution in [2.75, 3.05) is 13.1 Å². The maximum absolute atomic E-state index is 12.1. The number of carbonyl (C=O) groups is 1. The monoisotopic (exact) mass is 508 g/mol. The normalized spacial score (nSPS) is 25.0. The van der Waals surface area contributed by atoms with E-state index in [0.29, 0.717) is 24.0 Å². The van der Waals surface area contributed by atoms with Gasteiger partial charge in [-0.1, -0.05) is 22.9 Å².